The minimum absolute atomic E-state index is 0.279. The molecule has 0 saturated heterocycles. The van der Waals surface area contributed by atoms with Crippen LogP contribution in [0.15, 0.2) is 64.2 Å². The molecule has 6 nitrogen and oxygen atoms in total. The Morgan fingerprint density at radius 1 is 0.968 bits per heavy atom. The average Bonchev–Trinajstić information content (AvgIpc) is 3.17. The van der Waals surface area contributed by atoms with E-state index in [2.05, 4.69) is 35.8 Å². The first kappa shape index (κ1) is 19.6. The predicted molar refractivity (Wildman–Crippen MR) is 121 cm³/mol. The molecule has 0 bridgehead atoms. The number of ether oxygens (including phenoxy) is 1. The van der Waals surface area contributed by atoms with E-state index in [9.17, 15) is 9.59 Å². The average molecular weight is 415 g/mol. The highest BCUT2D eigenvalue weighted by Crippen LogP contribution is 2.40. The molecule has 4 aromatic rings. The quantitative estimate of drug-likeness (QED) is 0.515. The number of benzene rings is 2. The van der Waals surface area contributed by atoms with E-state index in [1.54, 1.807) is 11.6 Å². The van der Waals surface area contributed by atoms with Gasteiger partial charge in [-0.15, -0.1) is 0 Å². The Bertz CT molecular complexity index is 1390. The topological polar surface area (TPSA) is 58.2 Å². The lowest BCUT2D eigenvalue weighted by molar-refractivity contribution is 0.0478. The predicted octanol–water partition coefficient (Wildman–Crippen LogP) is 3.39. The van der Waals surface area contributed by atoms with E-state index < -0.39 is 0 Å². The van der Waals surface area contributed by atoms with Crippen molar-refractivity contribution in [2.75, 3.05) is 6.61 Å². The summed E-state index contributed by atoms with van der Waals surface area (Å²) in [5.74, 6) is 0. The Morgan fingerprint density at radius 3 is 2.35 bits per heavy atom. The smallest absolute Gasteiger partial charge is 0.331 e. The highest BCUT2D eigenvalue weighted by molar-refractivity contribution is 5.96. The SMILES string of the molecule is CCc1ccc([C@@H]2OCCn3c(-c4ccccc4)c4c(=O)n(C)c(=O)n(C)c4c32)cc1. The van der Waals surface area contributed by atoms with Crippen LogP contribution in [-0.2, 0) is 31.8 Å². The van der Waals surface area contributed by atoms with Gasteiger partial charge in [-0.05, 0) is 23.1 Å². The van der Waals surface area contributed by atoms with Crippen molar-refractivity contribution in [3.8, 4) is 11.3 Å². The first-order valence-corrected chi connectivity index (χ1v) is 10.6. The molecule has 0 fully saturated rings. The molecular formula is C25H25N3O3. The third-order valence-corrected chi connectivity index (χ3v) is 6.29. The van der Waals surface area contributed by atoms with E-state index in [1.807, 2.05) is 30.3 Å². The summed E-state index contributed by atoms with van der Waals surface area (Å²) < 4.78 is 11.2. The van der Waals surface area contributed by atoms with Crippen molar-refractivity contribution in [1.82, 2.24) is 13.7 Å². The number of hydrogen-bond donors (Lipinski definition) is 0. The fourth-order valence-electron chi connectivity index (χ4n) is 4.66. The van der Waals surface area contributed by atoms with Crippen molar-refractivity contribution in [2.24, 2.45) is 14.1 Å². The van der Waals surface area contributed by atoms with Crippen molar-refractivity contribution in [2.45, 2.75) is 26.0 Å². The molecule has 0 spiro atoms. The van der Waals surface area contributed by atoms with Gasteiger partial charge in [0.2, 0.25) is 0 Å². The fraction of sp³-hybridized carbons (Fsp3) is 0.280. The Morgan fingerprint density at radius 2 is 1.68 bits per heavy atom. The maximum atomic E-state index is 13.3. The summed E-state index contributed by atoms with van der Waals surface area (Å²) in [4.78, 5) is 26.2. The summed E-state index contributed by atoms with van der Waals surface area (Å²) in [6.07, 6.45) is 0.616. The number of hydrogen-bond acceptors (Lipinski definition) is 3. The van der Waals surface area contributed by atoms with E-state index in [0.29, 0.717) is 24.1 Å². The van der Waals surface area contributed by atoms with Crippen LogP contribution >= 0.6 is 0 Å². The number of fused-ring (bicyclic) bond motifs is 3. The molecule has 6 heteroatoms. The van der Waals surface area contributed by atoms with Crippen LogP contribution in [0, 0.1) is 0 Å². The van der Waals surface area contributed by atoms with Gasteiger partial charge < -0.3 is 9.30 Å². The molecule has 2 aromatic carbocycles. The number of aromatic nitrogens is 3. The van der Waals surface area contributed by atoms with Crippen LogP contribution in [0.1, 0.15) is 29.8 Å². The molecule has 0 radical (unpaired) electrons. The summed E-state index contributed by atoms with van der Waals surface area (Å²) in [5.41, 5.74) is 4.97. The minimum atomic E-state index is -0.350. The second-order valence-corrected chi connectivity index (χ2v) is 8.03. The zero-order valence-electron chi connectivity index (χ0n) is 18.0. The minimum Gasteiger partial charge on any atom is -0.365 e. The van der Waals surface area contributed by atoms with E-state index in [0.717, 1.165) is 28.9 Å². The normalized spacial score (nSPS) is 15.9. The lowest BCUT2D eigenvalue weighted by atomic mass is 10.0. The van der Waals surface area contributed by atoms with Crippen LogP contribution in [0.4, 0.5) is 0 Å². The van der Waals surface area contributed by atoms with Gasteiger partial charge in [-0.25, -0.2) is 4.79 Å². The molecular weight excluding hydrogens is 390 g/mol. The Hall–Kier alpha value is -3.38. The van der Waals surface area contributed by atoms with Crippen LogP contribution in [0.25, 0.3) is 22.2 Å². The van der Waals surface area contributed by atoms with Crippen LogP contribution in [0.2, 0.25) is 0 Å². The van der Waals surface area contributed by atoms with Crippen molar-refractivity contribution < 1.29 is 4.74 Å². The summed E-state index contributed by atoms with van der Waals surface area (Å²) in [5, 5.41) is 0.562. The molecule has 0 amide bonds. The maximum Gasteiger partial charge on any atom is 0.331 e. The molecule has 2 aromatic heterocycles. The second kappa shape index (κ2) is 7.39. The van der Waals surface area contributed by atoms with Crippen molar-refractivity contribution in [3.63, 3.8) is 0 Å². The highest BCUT2D eigenvalue weighted by atomic mass is 16.5. The van der Waals surface area contributed by atoms with Crippen molar-refractivity contribution in [1.29, 1.82) is 0 Å². The van der Waals surface area contributed by atoms with Gasteiger partial charge in [0.1, 0.15) is 6.10 Å². The van der Waals surface area contributed by atoms with Gasteiger partial charge in [-0.2, -0.15) is 0 Å². The lowest BCUT2D eigenvalue weighted by Crippen LogP contribution is -2.37. The van der Waals surface area contributed by atoms with E-state index in [1.165, 1.54) is 17.2 Å². The van der Waals surface area contributed by atoms with Crippen LogP contribution in [0.3, 0.4) is 0 Å². The van der Waals surface area contributed by atoms with Crippen LogP contribution in [0.5, 0.6) is 0 Å². The van der Waals surface area contributed by atoms with Gasteiger partial charge in [0.25, 0.3) is 5.56 Å². The van der Waals surface area contributed by atoms with E-state index in [4.69, 9.17) is 4.74 Å². The third kappa shape index (κ3) is 2.90. The molecule has 0 aliphatic carbocycles. The summed E-state index contributed by atoms with van der Waals surface area (Å²) in [6.45, 7) is 3.28. The molecule has 1 aliphatic heterocycles. The largest absolute Gasteiger partial charge is 0.365 e. The molecule has 3 heterocycles. The van der Waals surface area contributed by atoms with E-state index in [-0.39, 0.29) is 17.4 Å². The first-order valence-electron chi connectivity index (χ1n) is 10.6. The molecule has 1 aliphatic rings. The van der Waals surface area contributed by atoms with Crippen molar-refractivity contribution in [3.05, 3.63) is 92.3 Å². The van der Waals surface area contributed by atoms with Gasteiger partial charge in [-0.1, -0.05) is 61.5 Å². The molecule has 0 N–H and O–H groups in total. The van der Waals surface area contributed by atoms with E-state index >= 15 is 0 Å². The van der Waals surface area contributed by atoms with Gasteiger partial charge >= 0.3 is 5.69 Å². The zero-order valence-corrected chi connectivity index (χ0v) is 18.0. The number of nitrogens with zero attached hydrogens (tertiary/aromatic N) is 3. The molecule has 0 saturated carbocycles. The molecule has 1 atom stereocenters. The third-order valence-electron chi connectivity index (χ3n) is 6.29. The van der Waals surface area contributed by atoms with Gasteiger partial charge in [0.15, 0.2) is 0 Å². The lowest BCUT2D eigenvalue weighted by Gasteiger charge is -2.28. The summed E-state index contributed by atoms with van der Waals surface area (Å²) in [6, 6.07) is 18.3. The van der Waals surface area contributed by atoms with Crippen molar-refractivity contribution >= 4 is 10.9 Å². The van der Waals surface area contributed by atoms with Crippen LogP contribution in [-0.4, -0.2) is 20.3 Å². The molecule has 158 valence electrons. The molecule has 31 heavy (non-hydrogen) atoms. The second-order valence-electron chi connectivity index (χ2n) is 8.03. The maximum absolute atomic E-state index is 13.3. The Kier molecular flexibility index (Phi) is 4.67. The van der Waals surface area contributed by atoms with Gasteiger partial charge in [-0.3, -0.25) is 13.9 Å². The molecule has 0 unspecified atom stereocenters. The number of aryl methyl sites for hydroxylation is 2. The summed E-state index contributed by atoms with van der Waals surface area (Å²) >= 11 is 0. The monoisotopic (exact) mass is 415 g/mol. The molecule has 5 rings (SSSR count). The Labute approximate surface area is 179 Å². The van der Waals surface area contributed by atoms with Gasteiger partial charge in [0, 0.05) is 20.6 Å². The van der Waals surface area contributed by atoms with Crippen LogP contribution < -0.4 is 11.2 Å². The number of rotatable bonds is 3. The first-order chi connectivity index (χ1) is 15.0. The Balaban J connectivity index is 1.90. The summed E-state index contributed by atoms with van der Waals surface area (Å²) in [7, 11) is 3.26. The standard InChI is InChI=1S/C25H25N3O3/c1-4-16-10-12-18(13-11-16)23-22-21-19(24(29)27(3)25(30)26(21)2)20(28(22)14-15-31-23)17-8-6-5-7-9-17/h5-13,23H,4,14-15H2,1-3H3/t23-/m0/s1. The highest BCUT2D eigenvalue weighted by Gasteiger charge is 2.32. The van der Waals surface area contributed by atoms with Gasteiger partial charge in [0.05, 0.1) is 28.9 Å². The zero-order chi connectivity index (χ0) is 21.7. The fourth-order valence-corrected chi connectivity index (χ4v) is 4.66.